The summed E-state index contributed by atoms with van der Waals surface area (Å²) in [5.41, 5.74) is 3.50. The Bertz CT molecular complexity index is 2140. The number of hydrogen-bond donors (Lipinski definition) is 3. The van der Waals surface area contributed by atoms with Gasteiger partial charge < -0.3 is 68.2 Å². The summed E-state index contributed by atoms with van der Waals surface area (Å²) in [5.74, 6) is -4.17. The number of imidazole rings is 1. The third-order valence-corrected chi connectivity index (χ3v) is 17.4. The number of nitrogens with two attached hydrogens (primary N) is 1. The fourth-order valence-electron chi connectivity index (χ4n) is 11.7. The largest absolute Gasteiger partial charge is 0.458 e. The van der Waals surface area contributed by atoms with Crippen LogP contribution in [0, 0.1) is 29.6 Å². The van der Waals surface area contributed by atoms with Crippen molar-refractivity contribution in [1.82, 2.24) is 29.3 Å². The molecule has 0 bridgehead atoms. The second kappa shape index (κ2) is 23.2. The van der Waals surface area contributed by atoms with Crippen molar-refractivity contribution in [3.8, 4) is 0 Å². The van der Waals surface area contributed by atoms with Crippen LogP contribution in [-0.2, 0) is 58.8 Å². The highest BCUT2D eigenvalue weighted by Crippen LogP contribution is 2.49. The topological polar surface area (TPSA) is 242 Å². The number of fused-ring (bicyclic) bond motifs is 2. The molecule has 0 amide bonds. The minimum atomic E-state index is -1.39. The number of rotatable bonds is 15. The van der Waals surface area contributed by atoms with Gasteiger partial charge in [0, 0.05) is 75.7 Å². The van der Waals surface area contributed by atoms with E-state index in [4.69, 9.17) is 43.6 Å². The Kier molecular flexibility index (Phi) is 18.7. The summed E-state index contributed by atoms with van der Waals surface area (Å²) in [6.45, 7) is 20.1. The predicted molar refractivity (Wildman–Crippen MR) is 266 cm³/mol. The quantitative estimate of drug-likeness (QED) is 0.215. The van der Waals surface area contributed by atoms with Crippen LogP contribution in [0.25, 0.3) is 11.2 Å². The Morgan fingerprint density at radius 2 is 1.59 bits per heavy atom. The van der Waals surface area contributed by atoms with E-state index in [9.17, 15) is 19.8 Å². The molecule has 4 aliphatic heterocycles. The third-order valence-electron chi connectivity index (χ3n) is 16.2. The van der Waals surface area contributed by atoms with Crippen molar-refractivity contribution >= 4 is 46.5 Å². The second-order valence-corrected chi connectivity index (χ2v) is 22.8. The molecule has 4 N–H and O–H groups in total. The number of cyclic esters (lactones) is 1. The summed E-state index contributed by atoms with van der Waals surface area (Å²) >= 11 is 1.43. The van der Waals surface area contributed by atoms with Crippen LogP contribution in [0.15, 0.2) is 12.7 Å². The summed E-state index contributed by atoms with van der Waals surface area (Å²) in [6.07, 6.45) is -3.81. The van der Waals surface area contributed by atoms with Crippen molar-refractivity contribution in [3.63, 3.8) is 0 Å². The zero-order chi connectivity index (χ0) is 52.5. The van der Waals surface area contributed by atoms with Crippen LogP contribution in [0.5, 0.6) is 0 Å². The molecule has 0 aliphatic carbocycles. The first-order chi connectivity index (χ1) is 33.3. The highest BCUT2D eigenvalue weighted by Gasteiger charge is 2.62. The molecule has 21 heteroatoms. The van der Waals surface area contributed by atoms with Crippen molar-refractivity contribution in [2.45, 2.75) is 185 Å². The fourth-order valence-corrected chi connectivity index (χ4v) is 13.3. The Labute approximate surface area is 424 Å². The molecule has 0 saturated carbocycles. The number of nitrogens with zero attached hydrogens (tertiary/aromatic N) is 6. The van der Waals surface area contributed by atoms with Crippen molar-refractivity contribution in [1.29, 1.82) is 0 Å². The number of aromatic nitrogens is 4. The number of carbonyl (C=O) groups excluding carboxylic acids is 3. The van der Waals surface area contributed by atoms with Gasteiger partial charge in [-0.05, 0) is 81.9 Å². The van der Waals surface area contributed by atoms with Gasteiger partial charge in [0.15, 0.2) is 29.6 Å². The maximum absolute atomic E-state index is 15.2. The van der Waals surface area contributed by atoms with Crippen LogP contribution < -0.4 is 5.73 Å². The maximum Gasteiger partial charge on any atom is 0.320 e. The average molecular weight is 1020 g/mol. The number of aliphatic hydroxyl groups excluding tert-OH is 2. The van der Waals surface area contributed by atoms with Crippen LogP contribution in [0.3, 0.4) is 0 Å². The molecule has 4 saturated heterocycles. The molecule has 2 unspecified atom stereocenters. The van der Waals surface area contributed by atoms with Crippen LogP contribution in [0.1, 0.15) is 94.9 Å². The van der Waals surface area contributed by atoms with E-state index in [1.807, 2.05) is 72.2 Å². The van der Waals surface area contributed by atoms with Crippen molar-refractivity contribution in [2.24, 2.45) is 29.6 Å². The van der Waals surface area contributed by atoms with Gasteiger partial charge in [-0.25, -0.2) is 15.0 Å². The van der Waals surface area contributed by atoms with E-state index < -0.39 is 113 Å². The van der Waals surface area contributed by atoms with E-state index in [1.165, 1.54) is 25.2 Å². The van der Waals surface area contributed by atoms with Gasteiger partial charge in [0.05, 0.1) is 47.9 Å². The normalized spacial score (nSPS) is 41.0. The van der Waals surface area contributed by atoms with Crippen LogP contribution >= 0.6 is 11.8 Å². The van der Waals surface area contributed by atoms with E-state index in [-0.39, 0.29) is 37.2 Å². The first kappa shape index (κ1) is 57.2. The van der Waals surface area contributed by atoms with E-state index >= 15 is 4.79 Å². The van der Waals surface area contributed by atoms with Crippen LogP contribution in [0.2, 0.25) is 0 Å². The standard InChI is InChI=1S/C50H83N7O13S/c1-16-33-50(10)35(40(46(62)70-50)71-20-19-56(13)17-18-57-25-54-36-43(51)52-24-53-44(36)57)28(4)37(58)26(2)22-49(9,64-15)42(69-47-38(59)32(55(11)12)21-27(3)65-47)29(5)39(30(6)45(61)67-33)68-34-23-48(8,63-14)41(60)31(7)66-34/h24-35,38-42,47,59-60H,16-23H2,1-15H3,(H2,51,52,53)/t26-,27-,28+,29+,30-,31-,32+,33-,34+,35?,38-,39+,40?,41+,42-,47+,48-,49-,50-/m1/s1. The Morgan fingerprint density at radius 3 is 2.24 bits per heavy atom. The number of anilines is 1. The lowest BCUT2D eigenvalue weighted by molar-refractivity contribution is -0.319. The van der Waals surface area contributed by atoms with Gasteiger partial charge in [0.1, 0.15) is 41.2 Å². The highest BCUT2D eigenvalue weighted by molar-refractivity contribution is 8.00. The van der Waals surface area contributed by atoms with Gasteiger partial charge in [-0.3, -0.25) is 14.4 Å². The number of hydrogen-bond acceptors (Lipinski definition) is 20. The van der Waals surface area contributed by atoms with E-state index in [0.29, 0.717) is 48.8 Å². The van der Waals surface area contributed by atoms with Gasteiger partial charge >= 0.3 is 11.9 Å². The SMILES string of the molecule is CC[C@H]1OC(=O)[C@H](C)[C@@H](O[C@H]2C[C@@](C)(OC)[C@@H](O)[C@@H](C)O2)[C@H](C)[C@@H](O[C@@H]2O[C@H](C)C[C@H](N(C)C)[C@H]2O)[C@](C)(OC)C[C@@H](C)C(=O)[C@@H](C)C2C(SCCN(C)CCn3cnc4c(N)ncnc43)C(=O)O[C@@]21C. The van der Waals surface area contributed by atoms with Gasteiger partial charge in [0.2, 0.25) is 0 Å². The Hall–Kier alpha value is -3.09. The number of esters is 2. The minimum absolute atomic E-state index is 0.120. The number of ketones is 1. The summed E-state index contributed by atoms with van der Waals surface area (Å²) in [7, 11) is 8.86. The van der Waals surface area contributed by atoms with E-state index in [2.05, 4.69) is 19.9 Å². The van der Waals surface area contributed by atoms with E-state index in [0.717, 1.165) is 0 Å². The summed E-state index contributed by atoms with van der Waals surface area (Å²) < 4.78 is 53.8. The van der Waals surface area contributed by atoms with Gasteiger partial charge in [-0.1, -0.05) is 27.7 Å². The number of likely N-dealkylation sites (N-methyl/N-ethyl adjacent to an activating group) is 2. The molecule has 6 rings (SSSR count). The number of nitrogen functional groups attached to an aromatic ring is 1. The summed E-state index contributed by atoms with van der Waals surface area (Å²) in [5, 5.41) is 22.2. The molecule has 6 heterocycles. The van der Waals surface area contributed by atoms with Crippen molar-refractivity contribution < 1.29 is 62.5 Å². The van der Waals surface area contributed by atoms with Crippen molar-refractivity contribution in [3.05, 3.63) is 12.7 Å². The predicted octanol–water partition coefficient (Wildman–Crippen LogP) is 3.72. The number of Topliss-reactive ketones (excluding diaryl/α,β-unsaturated/α-hetero) is 1. The lowest BCUT2D eigenvalue weighted by Gasteiger charge is -2.50. The summed E-state index contributed by atoms with van der Waals surface area (Å²) in [6, 6.07) is -0.300. The van der Waals surface area contributed by atoms with Crippen molar-refractivity contribution in [2.75, 3.05) is 59.9 Å². The molecule has 19 atom stereocenters. The molecule has 2 aromatic heterocycles. The van der Waals surface area contributed by atoms with Gasteiger partial charge in [-0.15, -0.1) is 11.8 Å². The lowest BCUT2D eigenvalue weighted by atomic mass is 9.70. The van der Waals surface area contributed by atoms with Gasteiger partial charge in [-0.2, -0.15) is 0 Å². The molecular formula is C50H83N7O13S. The Balaban J connectivity index is 1.34. The van der Waals surface area contributed by atoms with Crippen LogP contribution in [-0.4, -0.2) is 195 Å². The number of thioether (sulfide) groups is 1. The molecule has 0 radical (unpaired) electrons. The zero-order valence-corrected chi connectivity index (χ0v) is 45.4. The molecule has 20 nitrogen and oxygen atoms in total. The summed E-state index contributed by atoms with van der Waals surface area (Å²) in [4.78, 5) is 61.3. The molecule has 2 aromatic rings. The molecule has 4 fully saturated rings. The Morgan fingerprint density at radius 1 is 0.901 bits per heavy atom. The lowest BCUT2D eigenvalue weighted by Crippen LogP contribution is -2.61. The second-order valence-electron chi connectivity index (χ2n) is 21.6. The minimum Gasteiger partial charge on any atom is -0.458 e. The number of ether oxygens (including phenoxy) is 8. The first-order valence-electron chi connectivity index (χ1n) is 25.3. The molecule has 4 aliphatic rings. The molecule has 71 heavy (non-hydrogen) atoms. The zero-order valence-electron chi connectivity index (χ0n) is 44.6. The molecule has 402 valence electrons. The number of methoxy groups -OCH3 is 2. The molecular weight excluding hydrogens is 939 g/mol. The van der Waals surface area contributed by atoms with E-state index in [1.54, 1.807) is 41.1 Å². The highest BCUT2D eigenvalue weighted by atomic mass is 32.2. The molecule has 0 aromatic carbocycles. The maximum atomic E-state index is 15.2. The van der Waals surface area contributed by atoms with Gasteiger partial charge in [0.25, 0.3) is 0 Å². The number of carbonyl (C=O) groups is 3. The number of aliphatic hydroxyl groups is 2. The monoisotopic (exact) mass is 1020 g/mol. The average Bonchev–Trinajstić information content (AvgIpc) is 3.86. The fraction of sp³-hybridized carbons (Fsp3) is 0.840. The molecule has 0 spiro atoms. The third kappa shape index (κ3) is 11.9. The first-order valence-corrected chi connectivity index (χ1v) is 26.3. The van der Waals surface area contributed by atoms with Crippen LogP contribution in [0.4, 0.5) is 5.82 Å². The smallest absolute Gasteiger partial charge is 0.320 e.